The van der Waals surface area contributed by atoms with Crippen molar-refractivity contribution < 1.29 is 18.1 Å². The summed E-state index contributed by atoms with van der Waals surface area (Å²) in [6, 6.07) is 14.2. The van der Waals surface area contributed by atoms with Gasteiger partial charge in [-0.05, 0) is 48.9 Å². The second kappa shape index (κ2) is 8.56. The molecule has 1 aliphatic rings. The first-order valence-corrected chi connectivity index (χ1v) is 11.5. The van der Waals surface area contributed by atoms with Gasteiger partial charge in [0.25, 0.3) is 11.6 Å². The van der Waals surface area contributed by atoms with E-state index in [2.05, 4.69) is 0 Å². The van der Waals surface area contributed by atoms with E-state index < -0.39 is 14.9 Å². The lowest BCUT2D eigenvalue weighted by Gasteiger charge is -2.34. The van der Waals surface area contributed by atoms with Crippen molar-refractivity contribution in [2.45, 2.75) is 11.8 Å². The van der Waals surface area contributed by atoms with Crippen LogP contribution in [-0.4, -0.2) is 59.2 Å². The molecule has 0 unspecified atom stereocenters. The monoisotopic (exact) mass is 454 g/mol. The van der Waals surface area contributed by atoms with E-state index in [0.29, 0.717) is 5.56 Å². The molecule has 166 valence electrons. The third kappa shape index (κ3) is 4.14. The predicted molar refractivity (Wildman–Crippen MR) is 118 cm³/mol. The zero-order valence-electron chi connectivity index (χ0n) is 17.4. The fourth-order valence-electron chi connectivity index (χ4n) is 3.72. The third-order valence-electron chi connectivity index (χ3n) is 5.55. The van der Waals surface area contributed by atoms with Crippen LogP contribution in [0.25, 0.3) is 5.69 Å². The fourth-order valence-corrected chi connectivity index (χ4v) is 5.14. The highest BCUT2D eigenvalue weighted by Gasteiger charge is 2.31. The van der Waals surface area contributed by atoms with Crippen molar-refractivity contribution >= 4 is 21.6 Å². The molecule has 32 heavy (non-hydrogen) atoms. The number of nitro groups is 1. The molecular weight excluding hydrogens is 432 g/mol. The van der Waals surface area contributed by atoms with Crippen molar-refractivity contribution in [1.29, 1.82) is 0 Å². The Morgan fingerprint density at radius 1 is 0.969 bits per heavy atom. The Morgan fingerprint density at radius 2 is 1.59 bits per heavy atom. The number of hydrogen-bond donors (Lipinski definition) is 0. The van der Waals surface area contributed by atoms with Crippen LogP contribution in [0.4, 0.5) is 5.69 Å². The molecule has 2 aromatic carbocycles. The first-order valence-electron chi connectivity index (χ1n) is 10.1. The van der Waals surface area contributed by atoms with Crippen LogP contribution in [0.1, 0.15) is 15.9 Å². The van der Waals surface area contributed by atoms with Crippen LogP contribution in [0.2, 0.25) is 0 Å². The van der Waals surface area contributed by atoms with E-state index in [0.717, 1.165) is 11.3 Å². The van der Waals surface area contributed by atoms with Gasteiger partial charge in [0.2, 0.25) is 10.0 Å². The highest BCUT2D eigenvalue weighted by atomic mass is 32.2. The molecule has 0 aliphatic carbocycles. The Labute approximate surface area is 185 Å². The number of nitro benzene ring substituents is 1. The van der Waals surface area contributed by atoms with Gasteiger partial charge in [0.1, 0.15) is 0 Å². The number of piperazine rings is 1. The van der Waals surface area contributed by atoms with E-state index in [1.54, 1.807) is 11.0 Å². The van der Waals surface area contributed by atoms with Crippen LogP contribution in [0.15, 0.2) is 71.9 Å². The van der Waals surface area contributed by atoms with E-state index in [4.69, 9.17) is 0 Å². The lowest BCUT2D eigenvalue weighted by molar-refractivity contribution is -0.384. The molecule has 0 saturated carbocycles. The molecule has 0 spiro atoms. The van der Waals surface area contributed by atoms with Gasteiger partial charge in [-0.2, -0.15) is 4.31 Å². The zero-order valence-corrected chi connectivity index (χ0v) is 18.2. The minimum Gasteiger partial charge on any atom is -0.336 e. The van der Waals surface area contributed by atoms with Gasteiger partial charge in [0, 0.05) is 62.0 Å². The smallest absolute Gasteiger partial charge is 0.269 e. The average molecular weight is 455 g/mol. The number of amides is 1. The number of nitrogens with zero attached hydrogens (tertiary/aromatic N) is 4. The molecule has 1 amide bonds. The van der Waals surface area contributed by atoms with Crippen molar-refractivity contribution in [3.8, 4) is 5.69 Å². The molecule has 2 heterocycles. The van der Waals surface area contributed by atoms with Gasteiger partial charge in [0.15, 0.2) is 0 Å². The Hall–Kier alpha value is -3.50. The van der Waals surface area contributed by atoms with Crippen molar-refractivity contribution in [2.75, 3.05) is 26.2 Å². The first-order chi connectivity index (χ1) is 15.3. The van der Waals surface area contributed by atoms with Gasteiger partial charge in [-0.25, -0.2) is 8.42 Å². The maximum Gasteiger partial charge on any atom is 0.269 e. The quantitative estimate of drug-likeness (QED) is 0.435. The summed E-state index contributed by atoms with van der Waals surface area (Å²) in [5.41, 5.74) is 2.33. The Morgan fingerprint density at radius 3 is 2.19 bits per heavy atom. The molecule has 0 N–H and O–H groups in total. The number of benzene rings is 2. The Bertz CT molecular complexity index is 1250. The van der Waals surface area contributed by atoms with Gasteiger partial charge in [-0.15, -0.1) is 0 Å². The number of aryl methyl sites for hydroxylation is 1. The maximum atomic E-state index is 13.0. The highest BCUT2D eigenvalue weighted by molar-refractivity contribution is 7.89. The van der Waals surface area contributed by atoms with E-state index in [1.807, 2.05) is 48.1 Å². The molecule has 0 atom stereocenters. The Kier molecular flexibility index (Phi) is 5.81. The summed E-state index contributed by atoms with van der Waals surface area (Å²) in [7, 11) is -3.79. The number of hydrogen-bond acceptors (Lipinski definition) is 5. The van der Waals surface area contributed by atoms with Gasteiger partial charge < -0.3 is 9.47 Å². The second-order valence-electron chi connectivity index (χ2n) is 7.54. The number of aromatic nitrogens is 1. The summed E-state index contributed by atoms with van der Waals surface area (Å²) in [5, 5.41) is 10.8. The average Bonchev–Trinajstić information content (AvgIpc) is 3.34. The van der Waals surface area contributed by atoms with Gasteiger partial charge in [0.05, 0.1) is 9.82 Å². The van der Waals surface area contributed by atoms with Crippen molar-refractivity contribution in [3.05, 3.63) is 88.2 Å². The van der Waals surface area contributed by atoms with Crippen LogP contribution >= 0.6 is 0 Å². The van der Waals surface area contributed by atoms with Crippen LogP contribution < -0.4 is 0 Å². The van der Waals surface area contributed by atoms with Crippen molar-refractivity contribution in [2.24, 2.45) is 0 Å². The standard InChI is InChI=1S/C22H22N4O5S/c1-17-4-5-18(16-21(17)23-10-2-3-11-23)22(27)24-12-14-25(15-13-24)32(30,31)20-8-6-19(7-9-20)26(28)29/h2-11,16H,12-15H2,1H3. The number of carbonyl (C=O) groups excluding carboxylic acids is 1. The van der Waals surface area contributed by atoms with Gasteiger partial charge >= 0.3 is 0 Å². The van der Waals surface area contributed by atoms with Gasteiger partial charge in [-0.1, -0.05) is 6.07 Å². The fraction of sp³-hybridized carbons (Fsp3) is 0.227. The maximum absolute atomic E-state index is 13.0. The number of rotatable bonds is 5. The van der Waals surface area contributed by atoms with Crippen LogP contribution in [0.3, 0.4) is 0 Å². The summed E-state index contributed by atoms with van der Waals surface area (Å²) in [5.74, 6) is -0.147. The van der Waals surface area contributed by atoms with Crippen LogP contribution in [-0.2, 0) is 10.0 Å². The van der Waals surface area contributed by atoms with Crippen LogP contribution in [0.5, 0.6) is 0 Å². The lowest BCUT2D eigenvalue weighted by atomic mass is 10.1. The SMILES string of the molecule is Cc1ccc(C(=O)N2CCN(S(=O)(=O)c3ccc([N+](=O)[O-])cc3)CC2)cc1-n1cccc1. The molecule has 3 aromatic rings. The summed E-state index contributed by atoms with van der Waals surface area (Å²) >= 11 is 0. The Balaban J connectivity index is 1.46. The van der Waals surface area contributed by atoms with Crippen molar-refractivity contribution in [1.82, 2.24) is 13.8 Å². The predicted octanol–water partition coefficient (Wildman–Crippen LogP) is 2.84. The molecule has 1 aromatic heterocycles. The second-order valence-corrected chi connectivity index (χ2v) is 9.48. The topological polar surface area (TPSA) is 106 Å². The minimum absolute atomic E-state index is 0.00206. The molecule has 9 nitrogen and oxygen atoms in total. The van der Waals surface area contributed by atoms with E-state index in [1.165, 1.54) is 28.6 Å². The zero-order chi connectivity index (χ0) is 22.9. The molecule has 0 bridgehead atoms. The molecular formula is C22H22N4O5S. The largest absolute Gasteiger partial charge is 0.336 e. The third-order valence-corrected chi connectivity index (χ3v) is 7.46. The highest BCUT2D eigenvalue weighted by Crippen LogP contribution is 2.22. The molecule has 1 fully saturated rings. The number of carbonyl (C=O) groups is 1. The van der Waals surface area contributed by atoms with Crippen LogP contribution in [0, 0.1) is 17.0 Å². The lowest BCUT2D eigenvalue weighted by Crippen LogP contribution is -2.50. The van der Waals surface area contributed by atoms with E-state index in [9.17, 15) is 23.3 Å². The summed E-state index contributed by atoms with van der Waals surface area (Å²) in [4.78, 5) is 24.9. The molecule has 1 saturated heterocycles. The molecule has 10 heteroatoms. The van der Waals surface area contributed by atoms with E-state index in [-0.39, 0.29) is 42.7 Å². The van der Waals surface area contributed by atoms with E-state index >= 15 is 0 Å². The first kappa shape index (κ1) is 21.7. The number of non-ortho nitro benzene ring substituents is 1. The minimum atomic E-state index is -3.79. The normalized spacial score (nSPS) is 15.0. The van der Waals surface area contributed by atoms with Crippen molar-refractivity contribution in [3.63, 3.8) is 0 Å². The summed E-state index contributed by atoms with van der Waals surface area (Å²) in [6.07, 6.45) is 3.83. The molecule has 4 rings (SSSR count). The summed E-state index contributed by atoms with van der Waals surface area (Å²) in [6.45, 7) is 2.81. The summed E-state index contributed by atoms with van der Waals surface area (Å²) < 4.78 is 29.0. The number of sulfonamides is 1. The van der Waals surface area contributed by atoms with Gasteiger partial charge in [-0.3, -0.25) is 14.9 Å². The molecule has 0 radical (unpaired) electrons. The molecule has 1 aliphatic heterocycles.